The summed E-state index contributed by atoms with van der Waals surface area (Å²) in [7, 11) is 0. The van der Waals surface area contributed by atoms with Gasteiger partial charge in [0.15, 0.2) is 0 Å². The molecule has 0 unspecified atom stereocenters. The predicted molar refractivity (Wildman–Crippen MR) is 79.8 cm³/mol. The average molecular weight is 309 g/mol. The van der Waals surface area contributed by atoms with Crippen LogP contribution in [0.5, 0.6) is 5.75 Å². The molecule has 1 amide bonds. The first-order chi connectivity index (χ1) is 9.95. The number of halogens is 2. The molecule has 2 rings (SSSR count). The summed E-state index contributed by atoms with van der Waals surface area (Å²) >= 11 is 5.87. The lowest BCUT2D eigenvalue weighted by Crippen LogP contribution is -2.37. The number of anilines is 1. The lowest BCUT2D eigenvalue weighted by molar-refractivity contribution is -0.117. The summed E-state index contributed by atoms with van der Waals surface area (Å²) in [5.41, 5.74) is 6.80. The van der Waals surface area contributed by atoms with Crippen molar-refractivity contribution in [1.82, 2.24) is 0 Å². The number of nitrogens with one attached hydrogen (secondary N) is 1. The maximum Gasteiger partial charge on any atom is 0.241 e. The highest BCUT2D eigenvalue weighted by Gasteiger charge is 2.16. The van der Waals surface area contributed by atoms with Crippen LogP contribution in [0, 0.1) is 5.82 Å². The number of phenolic OH excluding ortho intramolecular Hbond substituents is 1. The van der Waals surface area contributed by atoms with Crippen LogP contribution in [0.25, 0.3) is 0 Å². The number of amides is 1. The fourth-order valence-electron chi connectivity index (χ4n) is 1.80. The van der Waals surface area contributed by atoms with Gasteiger partial charge in [0.25, 0.3) is 0 Å². The highest BCUT2D eigenvalue weighted by molar-refractivity contribution is 6.33. The lowest BCUT2D eigenvalue weighted by Gasteiger charge is -2.13. The molecule has 2 aromatic rings. The second-order valence-corrected chi connectivity index (χ2v) is 5.00. The van der Waals surface area contributed by atoms with Crippen LogP contribution in [0.2, 0.25) is 5.02 Å². The molecule has 0 spiro atoms. The van der Waals surface area contributed by atoms with E-state index in [1.807, 2.05) is 0 Å². The van der Waals surface area contributed by atoms with Gasteiger partial charge in [0.05, 0.1) is 16.8 Å². The number of hydrogen-bond donors (Lipinski definition) is 3. The van der Waals surface area contributed by atoms with Gasteiger partial charge in [-0.2, -0.15) is 0 Å². The Hall–Kier alpha value is -2.11. The van der Waals surface area contributed by atoms with Gasteiger partial charge in [0, 0.05) is 0 Å². The average Bonchev–Trinajstić information content (AvgIpc) is 2.45. The van der Waals surface area contributed by atoms with Crippen LogP contribution in [0.4, 0.5) is 10.1 Å². The third-order valence-electron chi connectivity index (χ3n) is 2.92. The second-order valence-electron chi connectivity index (χ2n) is 4.59. The topological polar surface area (TPSA) is 75.3 Å². The third kappa shape index (κ3) is 4.18. The van der Waals surface area contributed by atoms with Crippen molar-refractivity contribution in [1.29, 1.82) is 0 Å². The number of hydrogen-bond acceptors (Lipinski definition) is 3. The molecule has 0 heterocycles. The molecule has 0 aliphatic carbocycles. The molecule has 0 radical (unpaired) electrons. The van der Waals surface area contributed by atoms with E-state index in [1.54, 1.807) is 12.1 Å². The molecular formula is C15H14ClFN2O2. The zero-order valence-corrected chi connectivity index (χ0v) is 11.8. The Morgan fingerprint density at radius 1 is 1.29 bits per heavy atom. The smallest absolute Gasteiger partial charge is 0.241 e. The number of nitrogens with two attached hydrogens (primary N) is 1. The summed E-state index contributed by atoms with van der Waals surface area (Å²) < 4.78 is 13.1. The van der Waals surface area contributed by atoms with Gasteiger partial charge in [-0.1, -0.05) is 23.7 Å². The summed E-state index contributed by atoms with van der Waals surface area (Å²) in [4.78, 5) is 12.0. The first-order valence-corrected chi connectivity index (χ1v) is 6.63. The van der Waals surface area contributed by atoms with Gasteiger partial charge >= 0.3 is 0 Å². The zero-order chi connectivity index (χ0) is 15.4. The predicted octanol–water partition coefficient (Wildman–Crippen LogP) is 2.69. The molecule has 2 aromatic carbocycles. The summed E-state index contributed by atoms with van der Waals surface area (Å²) in [5, 5.41) is 11.9. The molecule has 4 N–H and O–H groups in total. The van der Waals surface area contributed by atoms with E-state index in [1.165, 1.54) is 24.3 Å². The molecule has 110 valence electrons. The number of rotatable bonds is 4. The van der Waals surface area contributed by atoms with Crippen molar-refractivity contribution < 1.29 is 14.3 Å². The second kappa shape index (κ2) is 6.56. The van der Waals surface area contributed by atoms with Gasteiger partial charge in [-0.25, -0.2) is 4.39 Å². The normalized spacial score (nSPS) is 12.0. The Labute approximate surface area is 126 Å². The lowest BCUT2D eigenvalue weighted by atomic mass is 10.1. The van der Waals surface area contributed by atoms with Crippen LogP contribution in [0.15, 0.2) is 42.5 Å². The maximum atomic E-state index is 13.1. The van der Waals surface area contributed by atoms with Gasteiger partial charge in [-0.05, 0) is 42.3 Å². The van der Waals surface area contributed by atoms with E-state index in [0.717, 1.165) is 11.6 Å². The Balaban J connectivity index is 2.02. The summed E-state index contributed by atoms with van der Waals surface area (Å²) in [6.45, 7) is 0. The monoisotopic (exact) mass is 308 g/mol. The molecular weight excluding hydrogens is 295 g/mol. The van der Waals surface area contributed by atoms with Crippen LogP contribution in [0.1, 0.15) is 5.56 Å². The van der Waals surface area contributed by atoms with Crippen molar-refractivity contribution in [3.63, 3.8) is 0 Å². The molecule has 0 saturated heterocycles. The van der Waals surface area contributed by atoms with E-state index >= 15 is 0 Å². The SMILES string of the molecule is N[C@@H](Cc1ccc(O)cc1)C(=O)Nc1cc(F)ccc1Cl. The van der Waals surface area contributed by atoms with Crippen LogP contribution < -0.4 is 11.1 Å². The summed E-state index contributed by atoms with van der Waals surface area (Å²) in [6.07, 6.45) is 0.291. The van der Waals surface area contributed by atoms with E-state index in [9.17, 15) is 14.3 Å². The number of carbonyl (C=O) groups is 1. The van der Waals surface area contributed by atoms with Crippen molar-refractivity contribution >= 4 is 23.2 Å². The Kier molecular flexibility index (Phi) is 4.77. The van der Waals surface area contributed by atoms with Crippen LogP contribution in [-0.4, -0.2) is 17.1 Å². The minimum Gasteiger partial charge on any atom is -0.508 e. The molecule has 21 heavy (non-hydrogen) atoms. The first kappa shape index (κ1) is 15.3. The highest BCUT2D eigenvalue weighted by Crippen LogP contribution is 2.22. The highest BCUT2D eigenvalue weighted by atomic mass is 35.5. The van der Waals surface area contributed by atoms with E-state index in [4.69, 9.17) is 17.3 Å². The summed E-state index contributed by atoms with van der Waals surface area (Å²) in [5.74, 6) is -0.819. The number of phenols is 1. The van der Waals surface area contributed by atoms with E-state index < -0.39 is 17.8 Å². The fraction of sp³-hybridized carbons (Fsp3) is 0.133. The van der Waals surface area contributed by atoms with Crippen molar-refractivity contribution in [2.75, 3.05) is 5.32 Å². The first-order valence-electron chi connectivity index (χ1n) is 6.25. The molecule has 0 bridgehead atoms. The van der Waals surface area contributed by atoms with E-state index in [-0.39, 0.29) is 16.5 Å². The molecule has 1 atom stereocenters. The van der Waals surface area contributed by atoms with Gasteiger partial charge < -0.3 is 16.2 Å². The van der Waals surface area contributed by atoms with Gasteiger partial charge in [-0.15, -0.1) is 0 Å². The maximum absolute atomic E-state index is 13.1. The molecule has 0 aromatic heterocycles. The minimum atomic E-state index is -0.811. The van der Waals surface area contributed by atoms with E-state index in [2.05, 4.69) is 5.32 Å². The molecule has 4 nitrogen and oxygen atoms in total. The summed E-state index contributed by atoms with van der Waals surface area (Å²) in [6, 6.07) is 9.27. The van der Waals surface area contributed by atoms with E-state index in [0.29, 0.717) is 6.42 Å². The quantitative estimate of drug-likeness (QED) is 0.813. The van der Waals surface area contributed by atoms with Gasteiger partial charge in [0.2, 0.25) is 5.91 Å². The molecule has 0 saturated carbocycles. The Bertz CT molecular complexity index is 647. The van der Waals surface area contributed by atoms with Gasteiger partial charge in [0.1, 0.15) is 11.6 Å². The Morgan fingerprint density at radius 2 is 1.95 bits per heavy atom. The van der Waals surface area contributed by atoms with Crippen molar-refractivity contribution in [2.24, 2.45) is 5.73 Å². The zero-order valence-electron chi connectivity index (χ0n) is 11.0. The Morgan fingerprint density at radius 3 is 2.62 bits per heavy atom. The van der Waals surface area contributed by atoms with Crippen LogP contribution in [-0.2, 0) is 11.2 Å². The van der Waals surface area contributed by atoms with Crippen LogP contribution >= 0.6 is 11.6 Å². The van der Waals surface area contributed by atoms with Gasteiger partial charge in [-0.3, -0.25) is 4.79 Å². The third-order valence-corrected chi connectivity index (χ3v) is 3.24. The molecule has 0 fully saturated rings. The molecule has 0 aliphatic heterocycles. The largest absolute Gasteiger partial charge is 0.508 e. The minimum absolute atomic E-state index is 0.142. The fourth-order valence-corrected chi connectivity index (χ4v) is 1.96. The number of aromatic hydroxyl groups is 1. The van der Waals surface area contributed by atoms with Crippen molar-refractivity contribution in [3.05, 3.63) is 58.9 Å². The molecule has 0 aliphatic rings. The van der Waals surface area contributed by atoms with Crippen LogP contribution in [0.3, 0.4) is 0 Å². The van der Waals surface area contributed by atoms with Crippen molar-refractivity contribution in [2.45, 2.75) is 12.5 Å². The number of benzene rings is 2. The standard InChI is InChI=1S/C15H14ClFN2O2/c16-12-6-3-10(17)8-14(12)19-15(21)13(18)7-9-1-4-11(20)5-2-9/h1-6,8,13,20H,7,18H2,(H,19,21)/t13-/m0/s1. The van der Waals surface area contributed by atoms with Crippen molar-refractivity contribution in [3.8, 4) is 5.75 Å². The number of carbonyl (C=O) groups excluding carboxylic acids is 1. The molecule has 6 heteroatoms.